The van der Waals surface area contributed by atoms with E-state index in [1.165, 1.54) is 24.1 Å². The monoisotopic (exact) mass is 359 g/mol. The van der Waals surface area contributed by atoms with Gasteiger partial charge in [0.1, 0.15) is 5.82 Å². The molecule has 3 aliphatic heterocycles. The zero-order valence-electron chi connectivity index (χ0n) is 14.2. The number of cyclic esters (lactones) is 1. The first-order valence-corrected chi connectivity index (χ1v) is 8.49. The number of aryl methyl sites for hydroxylation is 1. The number of nitrogens with one attached hydrogen (secondary N) is 1. The Morgan fingerprint density at radius 1 is 1.35 bits per heavy atom. The lowest BCUT2D eigenvalue weighted by molar-refractivity contribution is -0.127. The highest BCUT2D eigenvalue weighted by atomic mass is 19.1. The molecule has 0 aromatic heterocycles. The number of allylic oxidation sites excluding steroid dienone is 1. The van der Waals surface area contributed by atoms with Crippen molar-refractivity contribution < 1.29 is 23.5 Å². The summed E-state index contributed by atoms with van der Waals surface area (Å²) in [4.78, 5) is 38.4. The zero-order chi connectivity index (χ0) is 18.4. The number of halogens is 1. The summed E-state index contributed by atoms with van der Waals surface area (Å²) < 4.78 is 19.9. The first-order valence-electron chi connectivity index (χ1n) is 8.49. The highest BCUT2D eigenvalue weighted by Crippen LogP contribution is 2.39. The van der Waals surface area contributed by atoms with Crippen LogP contribution < -0.4 is 15.1 Å². The predicted molar refractivity (Wildman–Crippen MR) is 91.4 cm³/mol. The highest BCUT2D eigenvalue weighted by Gasteiger charge is 2.38. The van der Waals surface area contributed by atoms with Crippen molar-refractivity contribution in [2.24, 2.45) is 0 Å². The van der Waals surface area contributed by atoms with Crippen molar-refractivity contribution in [2.45, 2.75) is 31.4 Å². The van der Waals surface area contributed by atoms with E-state index in [1.807, 2.05) is 0 Å². The summed E-state index contributed by atoms with van der Waals surface area (Å²) in [5, 5.41) is 2.44. The van der Waals surface area contributed by atoms with Crippen LogP contribution in [0.25, 0.3) is 0 Å². The van der Waals surface area contributed by atoms with Gasteiger partial charge >= 0.3 is 6.09 Å². The van der Waals surface area contributed by atoms with Crippen molar-refractivity contribution >= 4 is 29.2 Å². The van der Waals surface area contributed by atoms with Crippen LogP contribution in [-0.2, 0) is 20.7 Å². The summed E-state index contributed by atoms with van der Waals surface area (Å²) >= 11 is 0. The minimum Gasteiger partial charge on any atom is -0.434 e. The van der Waals surface area contributed by atoms with E-state index in [9.17, 15) is 18.8 Å². The quantitative estimate of drug-likeness (QED) is 0.866. The number of rotatable bonds is 2. The lowest BCUT2D eigenvalue weighted by Gasteiger charge is -2.38. The fourth-order valence-electron chi connectivity index (χ4n) is 3.75. The largest absolute Gasteiger partial charge is 0.434 e. The fourth-order valence-corrected chi connectivity index (χ4v) is 3.75. The van der Waals surface area contributed by atoms with Crippen LogP contribution in [0.2, 0.25) is 0 Å². The number of hydrogen-bond acceptors (Lipinski definition) is 5. The predicted octanol–water partition coefficient (Wildman–Crippen LogP) is 1.50. The summed E-state index contributed by atoms with van der Waals surface area (Å²) in [5.41, 5.74) is 1.59. The highest BCUT2D eigenvalue weighted by molar-refractivity contribution is 5.96. The summed E-state index contributed by atoms with van der Waals surface area (Å²) in [5.74, 6) is -0.811. The van der Waals surface area contributed by atoms with Crippen LogP contribution in [0.3, 0.4) is 0 Å². The molecule has 8 heteroatoms. The number of carbonyl (C=O) groups excluding carboxylic acids is 3. The van der Waals surface area contributed by atoms with Crippen molar-refractivity contribution in [1.29, 1.82) is 0 Å². The summed E-state index contributed by atoms with van der Waals surface area (Å²) in [6.45, 7) is 0.0392. The van der Waals surface area contributed by atoms with Crippen molar-refractivity contribution in [3.63, 3.8) is 0 Å². The third-order valence-corrected chi connectivity index (χ3v) is 5.05. The topological polar surface area (TPSA) is 79.0 Å². The second kappa shape index (κ2) is 6.12. The number of benzene rings is 1. The van der Waals surface area contributed by atoms with Crippen LogP contribution in [0.15, 0.2) is 24.4 Å². The molecule has 1 unspecified atom stereocenters. The molecule has 26 heavy (non-hydrogen) atoms. The number of likely N-dealkylation sites (N-methyl/N-ethyl adjacent to an activating group) is 1. The van der Waals surface area contributed by atoms with Gasteiger partial charge in [-0.05, 0) is 36.6 Å². The van der Waals surface area contributed by atoms with E-state index in [0.29, 0.717) is 24.2 Å². The molecule has 1 N–H and O–H groups in total. The van der Waals surface area contributed by atoms with Gasteiger partial charge in [0, 0.05) is 25.7 Å². The first kappa shape index (κ1) is 16.6. The number of ether oxygens (including phenoxy) is 1. The van der Waals surface area contributed by atoms with E-state index >= 15 is 0 Å². The zero-order valence-corrected chi connectivity index (χ0v) is 14.2. The Morgan fingerprint density at radius 3 is 2.92 bits per heavy atom. The average Bonchev–Trinajstić information content (AvgIpc) is 3.02. The smallest absolute Gasteiger partial charge is 0.415 e. The number of ketones is 1. The van der Waals surface area contributed by atoms with Gasteiger partial charge in [0.05, 0.1) is 17.9 Å². The molecule has 0 saturated carbocycles. The number of amides is 2. The van der Waals surface area contributed by atoms with Crippen LogP contribution in [0.1, 0.15) is 18.4 Å². The van der Waals surface area contributed by atoms with Gasteiger partial charge in [-0.1, -0.05) is 0 Å². The SMILES string of the molecule is CNC(=O)[C@H]1CN(c2cc(F)c3c(c2)CCC2CC(=O)C=CN32)C(=O)O1. The molecule has 136 valence electrons. The number of carbonyl (C=O) groups is 3. The van der Waals surface area contributed by atoms with Gasteiger partial charge in [0.15, 0.2) is 11.9 Å². The van der Waals surface area contributed by atoms with Gasteiger partial charge in [-0.25, -0.2) is 9.18 Å². The van der Waals surface area contributed by atoms with Crippen LogP contribution in [-0.4, -0.2) is 43.5 Å². The molecule has 1 aromatic rings. The second-order valence-corrected chi connectivity index (χ2v) is 6.62. The van der Waals surface area contributed by atoms with Crippen LogP contribution in [0.4, 0.5) is 20.6 Å². The molecule has 1 aromatic carbocycles. The molecule has 1 saturated heterocycles. The Balaban J connectivity index is 1.66. The molecule has 0 radical (unpaired) electrons. The summed E-state index contributed by atoms with van der Waals surface area (Å²) in [6.07, 6.45) is 3.24. The van der Waals surface area contributed by atoms with E-state index in [0.717, 1.165) is 12.0 Å². The summed E-state index contributed by atoms with van der Waals surface area (Å²) in [7, 11) is 1.46. The standard InChI is InChI=1S/C18H18FN3O4/c1-20-17(24)15-9-22(18(25)26-15)12-6-10-2-3-11-7-13(23)4-5-21(11)16(10)14(19)8-12/h4-6,8,11,15H,2-3,7,9H2,1H3,(H,20,24)/t11?,15-/m1/s1. The van der Waals surface area contributed by atoms with E-state index < -0.39 is 23.9 Å². The van der Waals surface area contributed by atoms with Crippen LogP contribution in [0.5, 0.6) is 0 Å². The fraction of sp³-hybridized carbons (Fsp3) is 0.389. The molecule has 4 rings (SSSR count). The van der Waals surface area contributed by atoms with Crippen molar-refractivity contribution in [2.75, 3.05) is 23.4 Å². The van der Waals surface area contributed by atoms with Crippen LogP contribution in [0, 0.1) is 5.82 Å². The van der Waals surface area contributed by atoms with Crippen molar-refractivity contribution in [3.05, 3.63) is 35.8 Å². The van der Waals surface area contributed by atoms with Gasteiger partial charge < -0.3 is 15.0 Å². The second-order valence-electron chi connectivity index (χ2n) is 6.62. The molecule has 7 nitrogen and oxygen atoms in total. The Morgan fingerprint density at radius 2 is 2.15 bits per heavy atom. The molecule has 0 spiro atoms. The van der Waals surface area contributed by atoms with Gasteiger partial charge in [0.2, 0.25) is 0 Å². The lowest BCUT2D eigenvalue weighted by atomic mass is 9.90. The number of nitrogens with zero attached hydrogens (tertiary/aromatic N) is 2. The molecule has 2 amide bonds. The number of hydrogen-bond donors (Lipinski definition) is 1. The third kappa shape index (κ3) is 2.61. The molecular formula is C18H18FN3O4. The molecule has 3 heterocycles. The van der Waals surface area contributed by atoms with Crippen molar-refractivity contribution in [3.8, 4) is 0 Å². The van der Waals surface area contributed by atoms with E-state index in [4.69, 9.17) is 4.74 Å². The molecule has 2 atom stereocenters. The Hall–Kier alpha value is -2.90. The first-order chi connectivity index (χ1) is 12.5. The maximum Gasteiger partial charge on any atom is 0.415 e. The molecule has 0 aliphatic carbocycles. The molecule has 0 bridgehead atoms. The molecule has 1 fully saturated rings. The number of anilines is 2. The van der Waals surface area contributed by atoms with Gasteiger partial charge in [-0.2, -0.15) is 0 Å². The number of fused-ring (bicyclic) bond motifs is 3. The lowest BCUT2D eigenvalue weighted by Crippen LogP contribution is -2.40. The van der Waals surface area contributed by atoms with Crippen LogP contribution >= 0.6 is 0 Å². The van der Waals surface area contributed by atoms with Gasteiger partial charge in [-0.15, -0.1) is 0 Å². The maximum absolute atomic E-state index is 14.9. The van der Waals surface area contributed by atoms with Crippen molar-refractivity contribution in [1.82, 2.24) is 5.32 Å². The minimum atomic E-state index is -0.910. The normalized spacial score (nSPS) is 24.2. The van der Waals surface area contributed by atoms with Gasteiger partial charge in [0.25, 0.3) is 5.91 Å². The third-order valence-electron chi connectivity index (χ3n) is 5.05. The van der Waals surface area contributed by atoms with E-state index in [-0.39, 0.29) is 18.4 Å². The Kier molecular flexibility index (Phi) is 3.90. The summed E-state index contributed by atoms with van der Waals surface area (Å²) in [6, 6.07) is 3.00. The van der Waals surface area contributed by atoms with E-state index in [2.05, 4.69) is 5.32 Å². The average molecular weight is 359 g/mol. The Bertz CT molecular complexity index is 838. The van der Waals surface area contributed by atoms with Gasteiger partial charge in [-0.3, -0.25) is 14.5 Å². The maximum atomic E-state index is 14.9. The Labute approximate surface area is 149 Å². The molecular weight excluding hydrogens is 341 g/mol. The molecule has 3 aliphatic rings. The minimum absolute atomic E-state index is 0.0327. The van der Waals surface area contributed by atoms with E-state index in [1.54, 1.807) is 17.2 Å².